The van der Waals surface area contributed by atoms with Gasteiger partial charge in [0.25, 0.3) is 0 Å². The van der Waals surface area contributed by atoms with Gasteiger partial charge in [-0.2, -0.15) is 0 Å². The smallest absolute Gasteiger partial charge is 0.213 e. The molecule has 2 heterocycles. The van der Waals surface area contributed by atoms with Gasteiger partial charge in [-0.3, -0.25) is 0 Å². The van der Waals surface area contributed by atoms with Crippen LogP contribution in [0.15, 0.2) is 18.2 Å². The fourth-order valence-electron chi connectivity index (χ4n) is 1.89. The molecule has 14 heavy (non-hydrogen) atoms. The van der Waals surface area contributed by atoms with E-state index in [4.69, 9.17) is 4.74 Å². The number of piperidine rings is 1. The van der Waals surface area contributed by atoms with Crippen LogP contribution < -0.4 is 10.1 Å². The Morgan fingerprint density at radius 2 is 2.14 bits per heavy atom. The van der Waals surface area contributed by atoms with Crippen molar-refractivity contribution in [3.8, 4) is 5.88 Å². The van der Waals surface area contributed by atoms with Gasteiger partial charge in [-0.05, 0) is 32.0 Å². The number of aromatic nitrogens is 1. The highest BCUT2D eigenvalue weighted by atomic mass is 16.5. The molecule has 0 spiro atoms. The van der Waals surface area contributed by atoms with Crippen LogP contribution in [0.4, 0.5) is 0 Å². The molecule has 76 valence electrons. The third kappa shape index (κ3) is 2.04. The lowest BCUT2D eigenvalue weighted by Crippen LogP contribution is -2.27. The van der Waals surface area contributed by atoms with Crippen molar-refractivity contribution in [1.29, 1.82) is 0 Å². The van der Waals surface area contributed by atoms with Gasteiger partial charge in [0.05, 0.1) is 7.11 Å². The minimum absolute atomic E-state index is 0.603. The van der Waals surface area contributed by atoms with Crippen LogP contribution >= 0.6 is 0 Å². The molecule has 0 atom stereocenters. The van der Waals surface area contributed by atoms with Crippen LogP contribution in [0, 0.1) is 0 Å². The largest absolute Gasteiger partial charge is 0.481 e. The minimum atomic E-state index is 0.603. The van der Waals surface area contributed by atoms with Gasteiger partial charge in [0.2, 0.25) is 5.88 Å². The van der Waals surface area contributed by atoms with Crippen molar-refractivity contribution in [2.45, 2.75) is 18.8 Å². The van der Waals surface area contributed by atoms with Crippen LogP contribution in [0.25, 0.3) is 0 Å². The molecule has 0 bridgehead atoms. The Labute approximate surface area is 84.5 Å². The summed E-state index contributed by atoms with van der Waals surface area (Å²) in [6.45, 7) is 2.20. The van der Waals surface area contributed by atoms with Gasteiger partial charge in [0, 0.05) is 17.7 Å². The molecule has 1 aliphatic heterocycles. The Morgan fingerprint density at radius 1 is 1.36 bits per heavy atom. The van der Waals surface area contributed by atoms with E-state index in [1.165, 1.54) is 18.5 Å². The molecule has 2 rings (SSSR count). The normalized spacial score (nSPS) is 18.1. The van der Waals surface area contributed by atoms with Crippen LogP contribution in [-0.2, 0) is 0 Å². The molecule has 0 aliphatic carbocycles. The fraction of sp³-hybridized carbons (Fsp3) is 0.545. The van der Waals surface area contributed by atoms with Crippen molar-refractivity contribution in [1.82, 2.24) is 10.3 Å². The van der Waals surface area contributed by atoms with Crippen molar-refractivity contribution < 1.29 is 4.74 Å². The van der Waals surface area contributed by atoms with E-state index in [-0.39, 0.29) is 0 Å². The van der Waals surface area contributed by atoms with Gasteiger partial charge in [-0.1, -0.05) is 6.07 Å². The van der Waals surface area contributed by atoms with Gasteiger partial charge in [0.15, 0.2) is 0 Å². The molecule has 0 saturated carbocycles. The summed E-state index contributed by atoms with van der Waals surface area (Å²) in [7, 11) is 1.66. The lowest BCUT2D eigenvalue weighted by molar-refractivity contribution is 0.389. The van der Waals surface area contributed by atoms with Crippen LogP contribution in [0.1, 0.15) is 24.5 Å². The van der Waals surface area contributed by atoms with Gasteiger partial charge >= 0.3 is 0 Å². The molecule has 1 N–H and O–H groups in total. The van der Waals surface area contributed by atoms with E-state index < -0.39 is 0 Å². The van der Waals surface area contributed by atoms with Gasteiger partial charge in [-0.15, -0.1) is 0 Å². The SMILES string of the molecule is COc1cccc(C2CCNCC2)n1. The first kappa shape index (κ1) is 9.46. The minimum Gasteiger partial charge on any atom is -0.481 e. The van der Waals surface area contributed by atoms with Crippen molar-refractivity contribution in [3.05, 3.63) is 23.9 Å². The monoisotopic (exact) mass is 192 g/mol. The molecule has 0 radical (unpaired) electrons. The Hall–Kier alpha value is -1.09. The maximum absolute atomic E-state index is 5.12. The van der Waals surface area contributed by atoms with Gasteiger partial charge < -0.3 is 10.1 Å². The van der Waals surface area contributed by atoms with E-state index >= 15 is 0 Å². The molecule has 0 unspecified atom stereocenters. The Kier molecular flexibility index (Phi) is 2.99. The molecule has 1 aliphatic rings. The third-order valence-corrected chi connectivity index (χ3v) is 2.71. The zero-order valence-corrected chi connectivity index (χ0v) is 8.49. The molecule has 1 saturated heterocycles. The van der Waals surface area contributed by atoms with Gasteiger partial charge in [-0.25, -0.2) is 4.98 Å². The number of rotatable bonds is 2. The van der Waals surface area contributed by atoms with Crippen LogP contribution in [0.5, 0.6) is 5.88 Å². The molecule has 0 amide bonds. The van der Waals surface area contributed by atoms with E-state index in [0.717, 1.165) is 19.0 Å². The van der Waals surface area contributed by atoms with Crippen LogP contribution in [0.2, 0.25) is 0 Å². The lowest BCUT2D eigenvalue weighted by atomic mass is 9.94. The molecule has 3 heteroatoms. The maximum Gasteiger partial charge on any atom is 0.213 e. The molecule has 0 aromatic carbocycles. The van der Waals surface area contributed by atoms with Crippen molar-refractivity contribution in [3.63, 3.8) is 0 Å². The standard InChI is InChI=1S/C11H16N2O/c1-14-11-4-2-3-10(13-11)9-5-7-12-8-6-9/h2-4,9,12H,5-8H2,1H3. The zero-order valence-electron chi connectivity index (χ0n) is 8.49. The average Bonchev–Trinajstić information content (AvgIpc) is 2.30. The summed E-state index contributed by atoms with van der Waals surface area (Å²) in [5.41, 5.74) is 1.17. The predicted octanol–water partition coefficient (Wildman–Crippen LogP) is 1.56. The number of pyridine rings is 1. The predicted molar refractivity (Wildman–Crippen MR) is 55.6 cm³/mol. The number of hydrogen-bond donors (Lipinski definition) is 1. The summed E-state index contributed by atoms with van der Waals surface area (Å²) in [5.74, 6) is 1.33. The molecule has 3 nitrogen and oxygen atoms in total. The second-order valence-electron chi connectivity index (χ2n) is 3.63. The van der Waals surface area contributed by atoms with E-state index in [9.17, 15) is 0 Å². The Morgan fingerprint density at radius 3 is 2.86 bits per heavy atom. The van der Waals surface area contributed by atoms with Crippen molar-refractivity contribution >= 4 is 0 Å². The summed E-state index contributed by atoms with van der Waals surface area (Å²) >= 11 is 0. The number of hydrogen-bond acceptors (Lipinski definition) is 3. The number of nitrogens with one attached hydrogen (secondary N) is 1. The van der Waals surface area contributed by atoms with E-state index in [2.05, 4.69) is 16.4 Å². The van der Waals surface area contributed by atoms with E-state index in [0.29, 0.717) is 5.92 Å². The Balaban J connectivity index is 2.13. The molecular formula is C11H16N2O. The maximum atomic E-state index is 5.12. The van der Waals surface area contributed by atoms with Crippen molar-refractivity contribution in [2.75, 3.05) is 20.2 Å². The summed E-state index contributed by atoms with van der Waals surface area (Å²) in [5, 5.41) is 3.35. The Bertz CT molecular complexity index is 295. The molecule has 1 fully saturated rings. The number of nitrogens with zero attached hydrogens (tertiary/aromatic N) is 1. The van der Waals surface area contributed by atoms with Gasteiger partial charge in [0.1, 0.15) is 0 Å². The highest BCUT2D eigenvalue weighted by Gasteiger charge is 2.16. The first-order valence-corrected chi connectivity index (χ1v) is 5.12. The second-order valence-corrected chi connectivity index (χ2v) is 3.63. The number of ether oxygens (including phenoxy) is 1. The third-order valence-electron chi connectivity index (χ3n) is 2.71. The fourth-order valence-corrected chi connectivity index (χ4v) is 1.89. The summed E-state index contributed by atoms with van der Waals surface area (Å²) < 4.78 is 5.12. The summed E-state index contributed by atoms with van der Waals surface area (Å²) in [6.07, 6.45) is 2.36. The van der Waals surface area contributed by atoms with Crippen LogP contribution in [-0.4, -0.2) is 25.2 Å². The molecule has 1 aromatic rings. The average molecular weight is 192 g/mol. The lowest BCUT2D eigenvalue weighted by Gasteiger charge is -2.22. The van der Waals surface area contributed by atoms with Crippen molar-refractivity contribution in [2.24, 2.45) is 0 Å². The highest BCUT2D eigenvalue weighted by molar-refractivity contribution is 5.19. The first-order valence-electron chi connectivity index (χ1n) is 5.12. The summed E-state index contributed by atoms with van der Waals surface area (Å²) in [6, 6.07) is 6.01. The topological polar surface area (TPSA) is 34.1 Å². The second kappa shape index (κ2) is 4.42. The highest BCUT2D eigenvalue weighted by Crippen LogP contribution is 2.24. The first-order chi connectivity index (χ1) is 6.90. The summed E-state index contributed by atoms with van der Waals surface area (Å²) in [4.78, 5) is 4.46. The van der Waals surface area contributed by atoms with Crippen LogP contribution in [0.3, 0.4) is 0 Å². The van der Waals surface area contributed by atoms with E-state index in [1.807, 2.05) is 12.1 Å². The molecule has 1 aromatic heterocycles. The quantitative estimate of drug-likeness (QED) is 0.772. The molecular weight excluding hydrogens is 176 g/mol. The zero-order chi connectivity index (χ0) is 9.80. The van der Waals surface area contributed by atoms with E-state index in [1.54, 1.807) is 7.11 Å². The number of methoxy groups -OCH3 is 1.